The molecule has 1 heterocycles. The average Bonchev–Trinajstić information content (AvgIpc) is 3.27. The molecule has 1 amide bonds. The summed E-state index contributed by atoms with van der Waals surface area (Å²) in [5, 5.41) is 3.27. The molecule has 2 rings (SSSR count). The fraction of sp³-hybridized carbons (Fsp3) is 0.600. The van der Waals surface area contributed by atoms with Crippen LogP contribution >= 0.6 is 0 Å². The maximum absolute atomic E-state index is 12.3. The summed E-state index contributed by atoms with van der Waals surface area (Å²) >= 11 is 0. The van der Waals surface area contributed by atoms with Crippen LogP contribution in [-0.4, -0.2) is 34.4 Å². The normalized spacial score (nSPS) is 16.1. The third-order valence-corrected chi connectivity index (χ3v) is 3.58. The highest BCUT2D eigenvalue weighted by atomic mass is 16.2. The summed E-state index contributed by atoms with van der Waals surface area (Å²) in [6.07, 6.45) is 5.07. The van der Waals surface area contributed by atoms with Gasteiger partial charge in [0.1, 0.15) is 0 Å². The molecule has 0 aromatic carbocycles. The van der Waals surface area contributed by atoms with Crippen LogP contribution in [0.1, 0.15) is 38.8 Å². The van der Waals surface area contributed by atoms with Crippen LogP contribution in [0.2, 0.25) is 0 Å². The van der Waals surface area contributed by atoms with E-state index in [9.17, 15) is 4.79 Å². The summed E-state index contributed by atoms with van der Waals surface area (Å²) in [5.74, 6) is 0.188. The molecular formula is C15H23N3O. The van der Waals surface area contributed by atoms with Crippen LogP contribution in [0.3, 0.4) is 0 Å². The van der Waals surface area contributed by atoms with E-state index in [1.54, 1.807) is 6.20 Å². The zero-order valence-electron chi connectivity index (χ0n) is 11.8. The van der Waals surface area contributed by atoms with Gasteiger partial charge in [0.15, 0.2) is 0 Å². The van der Waals surface area contributed by atoms with Gasteiger partial charge in [-0.25, -0.2) is 0 Å². The van der Waals surface area contributed by atoms with Gasteiger partial charge in [0.05, 0.1) is 18.8 Å². The van der Waals surface area contributed by atoms with Crippen LogP contribution in [0, 0.1) is 0 Å². The number of carbonyl (C=O) groups is 1. The molecule has 1 saturated carbocycles. The van der Waals surface area contributed by atoms with E-state index in [4.69, 9.17) is 0 Å². The number of hydrogen-bond acceptors (Lipinski definition) is 3. The van der Waals surface area contributed by atoms with Crippen molar-refractivity contribution in [3.05, 3.63) is 30.1 Å². The minimum atomic E-state index is 0.188. The Hall–Kier alpha value is -1.42. The summed E-state index contributed by atoms with van der Waals surface area (Å²) in [6, 6.07) is 6.66. The molecule has 1 fully saturated rings. The molecule has 1 aliphatic rings. The number of nitrogens with zero attached hydrogens (tertiary/aromatic N) is 2. The Kier molecular flexibility index (Phi) is 4.91. The van der Waals surface area contributed by atoms with Crippen molar-refractivity contribution in [2.45, 2.75) is 51.7 Å². The molecule has 1 aromatic heterocycles. The standard InChI is InChI=1S/C15H23N3O/c1-3-12(2)17-10-15(19)18(14-7-8-14)11-13-6-4-5-9-16-13/h4-6,9,12,14,17H,3,7-8,10-11H2,1-2H3. The summed E-state index contributed by atoms with van der Waals surface area (Å²) in [4.78, 5) is 18.6. The molecule has 104 valence electrons. The Bertz CT molecular complexity index is 403. The Labute approximate surface area is 115 Å². The molecule has 0 aliphatic heterocycles. The van der Waals surface area contributed by atoms with Crippen molar-refractivity contribution in [3.63, 3.8) is 0 Å². The first kappa shape index (κ1) is 14.0. The molecule has 4 nitrogen and oxygen atoms in total. The van der Waals surface area contributed by atoms with E-state index >= 15 is 0 Å². The van der Waals surface area contributed by atoms with E-state index in [-0.39, 0.29) is 5.91 Å². The van der Waals surface area contributed by atoms with Gasteiger partial charge in [-0.2, -0.15) is 0 Å². The van der Waals surface area contributed by atoms with E-state index in [2.05, 4.69) is 24.1 Å². The van der Waals surface area contributed by atoms with Crippen LogP contribution in [-0.2, 0) is 11.3 Å². The Morgan fingerprint density at radius 2 is 2.32 bits per heavy atom. The van der Waals surface area contributed by atoms with Crippen LogP contribution in [0.25, 0.3) is 0 Å². The quantitative estimate of drug-likeness (QED) is 0.816. The molecule has 1 N–H and O–H groups in total. The molecule has 0 radical (unpaired) electrons. The van der Waals surface area contributed by atoms with Gasteiger partial charge in [-0.3, -0.25) is 9.78 Å². The lowest BCUT2D eigenvalue weighted by molar-refractivity contribution is -0.131. The first-order valence-corrected chi connectivity index (χ1v) is 7.13. The molecule has 0 bridgehead atoms. The molecule has 4 heteroatoms. The van der Waals surface area contributed by atoms with Crippen molar-refractivity contribution < 1.29 is 4.79 Å². The summed E-state index contributed by atoms with van der Waals surface area (Å²) in [7, 11) is 0. The molecule has 0 saturated heterocycles. The van der Waals surface area contributed by atoms with Crippen molar-refractivity contribution in [2.75, 3.05) is 6.54 Å². The predicted molar refractivity (Wildman–Crippen MR) is 75.6 cm³/mol. The number of aromatic nitrogens is 1. The van der Waals surface area contributed by atoms with E-state index in [1.165, 1.54) is 0 Å². The van der Waals surface area contributed by atoms with E-state index < -0.39 is 0 Å². The minimum absolute atomic E-state index is 0.188. The fourth-order valence-corrected chi connectivity index (χ4v) is 1.98. The third-order valence-electron chi connectivity index (χ3n) is 3.58. The second-order valence-corrected chi connectivity index (χ2v) is 5.26. The first-order chi connectivity index (χ1) is 9.20. The second kappa shape index (κ2) is 6.66. The molecular weight excluding hydrogens is 238 g/mol. The number of carbonyl (C=O) groups excluding carboxylic acids is 1. The highest BCUT2D eigenvalue weighted by Crippen LogP contribution is 2.28. The van der Waals surface area contributed by atoms with Crippen molar-refractivity contribution in [2.24, 2.45) is 0 Å². The maximum Gasteiger partial charge on any atom is 0.237 e. The molecule has 19 heavy (non-hydrogen) atoms. The van der Waals surface area contributed by atoms with Gasteiger partial charge in [0.25, 0.3) is 0 Å². The molecule has 1 atom stereocenters. The van der Waals surface area contributed by atoms with E-state index in [1.807, 2.05) is 23.1 Å². The topological polar surface area (TPSA) is 45.2 Å². The summed E-state index contributed by atoms with van der Waals surface area (Å²) < 4.78 is 0. The van der Waals surface area contributed by atoms with E-state index in [0.29, 0.717) is 25.2 Å². The Morgan fingerprint density at radius 3 is 2.89 bits per heavy atom. The van der Waals surface area contributed by atoms with Gasteiger partial charge in [0.2, 0.25) is 5.91 Å². The molecule has 1 aromatic rings. The summed E-state index contributed by atoms with van der Waals surface area (Å²) in [6.45, 7) is 5.28. The Balaban J connectivity index is 1.90. The third kappa shape index (κ3) is 4.31. The second-order valence-electron chi connectivity index (χ2n) is 5.26. The molecule has 0 spiro atoms. The average molecular weight is 261 g/mol. The van der Waals surface area contributed by atoms with Crippen LogP contribution < -0.4 is 5.32 Å². The lowest BCUT2D eigenvalue weighted by Crippen LogP contribution is -2.41. The Morgan fingerprint density at radius 1 is 1.53 bits per heavy atom. The number of amides is 1. The van der Waals surface area contributed by atoms with Crippen molar-refractivity contribution >= 4 is 5.91 Å². The number of hydrogen-bond donors (Lipinski definition) is 1. The van der Waals surface area contributed by atoms with Crippen LogP contribution in [0.5, 0.6) is 0 Å². The monoisotopic (exact) mass is 261 g/mol. The van der Waals surface area contributed by atoms with Gasteiger partial charge in [-0.1, -0.05) is 13.0 Å². The van der Waals surface area contributed by atoms with Gasteiger partial charge in [0, 0.05) is 18.3 Å². The molecule has 1 aliphatic carbocycles. The maximum atomic E-state index is 12.3. The lowest BCUT2D eigenvalue weighted by Gasteiger charge is -2.23. The first-order valence-electron chi connectivity index (χ1n) is 7.13. The van der Waals surface area contributed by atoms with Gasteiger partial charge < -0.3 is 10.2 Å². The number of nitrogens with one attached hydrogen (secondary N) is 1. The summed E-state index contributed by atoms with van der Waals surface area (Å²) in [5.41, 5.74) is 0.964. The van der Waals surface area contributed by atoms with Gasteiger partial charge in [-0.15, -0.1) is 0 Å². The fourth-order valence-electron chi connectivity index (χ4n) is 1.98. The van der Waals surface area contributed by atoms with Crippen molar-refractivity contribution in [1.29, 1.82) is 0 Å². The minimum Gasteiger partial charge on any atom is -0.333 e. The zero-order chi connectivity index (χ0) is 13.7. The highest BCUT2D eigenvalue weighted by molar-refractivity contribution is 5.78. The van der Waals surface area contributed by atoms with Gasteiger partial charge in [-0.05, 0) is 38.3 Å². The van der Waals surface area contributed by atoms with E-state index in [0.717, 1.165) is 25.0 Å². The highest BCUT2D eigenvalue weighted by Gasteiger charge is 2.32. The van der Waals surface area contributed by atoms with Gasteiger partial charge >= 0.3 is 0 Å². The largest absolute Gasteiger partial charge is 0.333 e. The molecule has 1 unspecified atom stereocenters. The van der Waals surface area contributed by atoms with Crippen molar-refractivity contribution in [1.82, 2.24) is 15.2 Å². The van der Waals surface area contributed by atoms with Crippen LogP contribution in [0.15, 0.2) is 24.4 Å². The zero-order valence-corrected chi connectivity index (χ0v) is 11.8. The SMILES string of the molecule is CCC(C)NCC(=O)N(Cc1ccccn1)C1CC1. The van der Waals surface area contributed by atoms with Crippen LogP contribution in [0.4, 0.5) is 0 Å². The number of pyridine rings is 1. The predicted octanol–water partition coefficient (Wildman–Crippen LogP) is 1.96. The van der Waals surface area contributed by atoms with Crippen molar-refractivity contribution in [3.8, 4) is 0 Å². The smallest absolute Gasteiger partial charge is 0.237 e. The number of rotatable bonds is 7. The lowest BCUT2D eigenvalue weighted by atomic mass is 10.2.